The van der Waals surface area contributed by atoms with Gasteiger partial charge in [-0.2, -0.15) is 0 Å². The predicted molar refractivity (Wildman–Crippen MR) is 102 cm³/mol. The minimum atomic E-state index is 0.134. The first kappa shape index (κ1) is 16.7. The molecule has 0 aromatic heterocycles. The van der Waals surface area contributed by atoms with Crippen LogP contribution in [-0.2, 0) is 6.54 Å². The summed E-state index contributed by atoms with van der Waals surface area (Å²) in [6, 6.07) is 15.7. The summed E-state index contributed by atoms with van der Waals surface area (Å²) in [7, 11) is 0. The van der Waals surface area contributed by atoms with E-state index >= 15 is 0 Å². The molecule has 3 rings (SSSR count). The van der Waals surface area contributed by atoms with E-state index in [4.69, 9.17) is 11.6 Å². The lowest BCUT2D eigenvalue weighted by molar-refractivity contribution is 0.0628. The molecule has 0 unspecified atom stereocenters. The highest BCUT2D eigenvalue weighted by atomic mass is 127. The van der Waals surface area contributed by atoms with Crippen molar-refractivity contribution in [2.75, 3.05) is 26.2 Å². The van der Waals surface area contributed by atoms with E-state index < -0.39 is 0 Å². The maximum atomic E-state index is 12.5. The van der Waals surface area contributed by atoms with Crippen molar-refractivity contribution in [3.8, 4) is 0 Å². The average molecular weight is 441 g/mol. The van der Waals surface area contributed by atoms with Gasteiger partial charge in [0.15, 0.2) is 0 Å². The minimum Gasteiger partial charge on any atom is -0.336 e. The van der Waals surface area contributed by atoms with Crippen LogP contribution >= 0.6 is 34.2 Å². The zero-order valence-electron chi connectivity index (χ0n) is 12.7. The summed E-state index contributed by atoms with van der Waals surface area (Å²) in [5, 5.41) is 0.765. The van der Waals surface area contributed by atoms with E-state index in [0.717, 1.165) is 46.9 Å². The van der Waals surface area contributed by atoms with Gasteiger partial charge in [0.1, 0.15) is 0 Å². The van der Waals surface area contributed by atoms with Crippen LogP contribution in [0.2, 0.25) is 5.02 Å². The van der Waals surface area contributed by atoms with E-state index in [-0.39, 0.29) is 5.91 Å². The quantitative estimate of drug-likeness (QED) is 0.676. The average Bonchev–Trinajstić information content (AvgIpc) is 2.57. The fourth-order valence-corrected chi connectivity index (χ4v) is 3.43. The van der Waals surface area contributed by atoms with Gasteiger partial charge in [0, 0.05) is 46.9 Å². The Kier molecular flexibility index (Phi) is 5.56. The smallest absolute Gasteiger partial charge is 0.253 e. The van der Waals surface area contributed by atoms with Crippen LogP contribution in [0.25, 0.3) is 0 Å². The van der Waals surface area contributed by atoms with Gasteiger partial charge in [-0.3, -0.25) is 9.69 Å². The van der Waals surface area contributed by atoms with Crippen molar-refractivity contribution in [3.05, 3.63) is 68.3 Å². The number of rotatable bonds is 3. The number of piperazine rings is 1. The zero-order chi connectivity index (χ0) is 16.2. The molecule has 23 heavy (non-hydrogen) atoms. The second-order valence-corrected chi connectivity index (χ2v) is 7.39. The molecular weight excluding hydrogens is 423 g/mol. The molecule has 0 atom stereocenters. The molecule has 1 saturated heterocycles. The number of carbonyl (C=O) groups excluding carboxylic acids is 1. The lowest BCUT2D eigenvalue weighted by atomic mass is 10.1. The summed E-state index contributed by atoms with van der Waals surface area (Å²) < 4.78 is 1.09. The number of hydrogen-bond donors (Lipinski definition) is 0. The van der Waals surface area contributed by atoms with Crippen molar-refractivity contribution in [1.82, 2.24) is 9.80 Å². The van der Waals surface area contributed by atoms with Crippen LogP contribution in [0.5, 0.6) is 0 Å². The topological polar surface area (TPSA) is 23.6 Å². The van der Waals surface area contributed by atoms with Crippen molar-refractivity contribution in [2.45, 2.75) is 6.54 Å². The summed E-state index contributed by atoms with van der Waals surface area (Å²) in [5.74, 6) is 0.134. The maximum absolute atomic E-state index is 12.5. The Morgan fingerprint density at radius 2 is 1.74 bits per heavy atom. The van der Waals surface area contributed by atoms with Gasteiger partial charge in [0.25, 0.3) is 5.91 Å². The van der Waals surface area contributed by atoms with Crippen LogP contribution in [0.4, 0.5) is 0 Å². The van der Waals surface area contributed by atoms with Crippen LogP contribution in [0.15, 0.2) is 48.5 Å². The molecule has 3 nitrogen and oxygen atoms in total. The Hall–Kier alpha value is -1.11. The first-order valence-electron chi connectivity index (χ1n) is 7.63. The Morgan fingerprint density at radius 1 is 1.04 bits per heavy atom. The highest BCUT2D eigenvalue weighted by Gasteiger charge is 2.22. The number of benzene rings is 2. The molecule has 1 heterocycles. The molecule has 0 aliphatic carbocycles. The molecule has 1 amide bonds. The molecule has 1 aliphatic heterocycles. The largest absolute Gasteiger partial charge is 0.336 e. The van der Waals surface area contributed by atoms with Gasteiger partial charge >= 0.3 is 0 Å². The van der Waals surface area contributed by atoms with E-state index in [1.165, 1.54) is 5.56 Å². The van der Waals surface area contributed by atoms with Crippen molar-refractivity contribution < 1.29 is 4.79 Å². The summed E-state index contributed by atoms with van der Waals surface area (Å²) in [4.78, 5) is 16.9. The second-order valence-electron chi connectivity index (χ2n) is 5.71. The van der Waals surface area contributed by atoms with Gasteiger partial charge in [0.05, 0.1) is 0 Å². The molecule has 0 N–H and O–H groups in total. The Bertz CT molecular complexity index is 682. The van der Waals surface area contributed by atoms with E-state index in [1.807, 2.05) is 41.3 Å². The third kappa shape index (κ3) is 4.46. The predicted octanol–water partition coefficient (Wildman–Crippen LogP) is 3.90. The van der Waals surface area contributed by atoms with Gasteiger partial charge in [-0.05, 0) is 58.5 Å². The van der Waals surface area contributed by atoms with Crippen LogP contribution in [0.3, 0.4) is 0 Å². The second kappa shape index (κ2) is 7.64. The number of halogens is 2. The number of nitrogens with zero attached hydrogens (tertiary/aromatic N) is 2. The van der Waals surface area contributed by atoms with Crippen LogP contribution in [0.1, 0.15) is 15.9 Å². The molecule has 1 fully saturated rings. The lowest BCUT2D eigenvalue weighted by Gasteiger charge is -2.34. The van der Waals surface area contributed by atoms with E-state index in [0.29, 0.717) is 0 Å². The molecule has 120 valence electrons. The number of amides is 1. The van der Waals surface area contributed by atoms with Gasteiger partial charge in [-0.25, -0.2) is 0 Å². The molecule has 0 radical (unpaired) electrons. The molecule has 1 aliphatic rings. The first-order chi connectivity index (χ1) is 11.1. The Balaban J connectivity index is 1.55. The first-order valence-corrected chi connectivity index (χ1v) is 9.09. The normalized spacial score (nSPS) is 15.7. The third-order valence-corrected chi connectivity index (χ3v) is 4.97. The van der Waals surface area contributed by atoms with Crippen molar-refractivity contribution >= 4 is 40.1 Å². The third-order valence-electron chi connectivity index (χ3n) is 4.05. The van der Waals surface area contributed by atoms with Crippen molar-refractivity contribution in [1.29, 1.82) is 0 Å². The highest BCUT2D eigenvalue weighted by molar-refractivity contribution is 14.1. The van der Waals surface area contributed by atoms with Gasteiger partial charge in [0.2, 0.25) is 0 Å². The highest BCUT2D eigenvalue weighted by Crippen LogP contribution is 2.15. The fraction of sp³-hybridized carbons (Fsp3) is 0.278. The van der Waals surface area contributed by atoms with Crippen LogP contribution in [0, 0.1) is 3.57 Å². The molecule has 5 heteroatoms. The van der Waals surface area contributed by atoms with E-state index in [2.05, 4.69) is 39.6 Å². The molecule has 0 spiro atoms. The number of carbonyl (C=O) groups is 1. The van der Waals surface area contributed by atoms with Crippen molar-refractivity contribution in [2.24, 2.45) is 0 Å². The maximum Gasteiger partial charge on any atom is 0.253 e. The summed E-state index contributed by atoms with van der Waals surface area (Å²) in [6.07, 6.45) is 0. The summed E-state index contributed by atoms with van der Waals surface area (Å²) >= 11 is 8.16. The molecular formula is C18H18ClIN2O. The summed E-state index contributed by atoms with van der Waals surface area (Å²) in [5.41, 5.74) is 2.04. The van der Waals surface area contributed by atoms with Gasteiger partial charge < -0.3 is 4.90 Å². The Labute approximate surface area is 155 Å². The Morgan fingerprint density at radius 3 is 2.39 bits per heavy atom. The van der Waals surface area contributed by atoms with Crippen LogP contribution in [-0.4, -0.2) is 41.9 Å². The molecule has 0 saturated carbocycles. The number of hydrogen-bond acceptors (Lipinski definition) is 2. The molecule has 2 aromatic carbocycles. The van der Waals surface area contributed by atoms with Gasteiger partial charge in [-0.15, -0.1) is 0 Å². The van der Waals surface area contributed by atoms with Gasteiger partial charge in [-0.1, -0.05) is 29.8 Å². The monoisotopic (exact) mass is 440 g/mol. The lowest BCUT2D eigenvalue weighted by Crippen LogP contribution is -2.48. The standard InChI is InChI=1S/C18H18ClIN2O/c19-16-6-4-14(5-7-16)13-21-8-10-22(11-9-21)18(23)15-2-1-3-17(20)12-15/h1-7,12H,8-11,13H2. The SMILES string of the molecule is O=C(c1cccc(I)c1)N1CCN(Cc2ccc(Cl)cc2)CC1. The zero-order valence-corrected chi connectivity index (χ0v) is 15.6. The van der Waals surface area contributed by atoms with E-state index in [1.54, 1.807) is 0 Å². The molecule has 2 aromatic rings. The minimum absolute atomic E-state index is 0.134. The fourth-order valence-electron chi connectivity index (χ4n) is 2.76. The van der Waals surface area contributed by atoms with E-state index in [9.17, 15) is 4.79 Å². The van der Waals surface area contributed by atoms with Crippen LogP contribution < -0.4 is 0 Å². The summed E-state index contributed by atoms with van der Waals surface area (Å²) in [6.45, 7) is 4.26. The van der Waals surface area contributed by atoms with Crippen molar-refractivity contribution in [3.63, 3.8) is 0 Å². The molecule has 0 bridgehead atoms.